The molecule has 0 atom stereocenters. The molecule has 68 valence electrons. The molecule has 2 heterocycles. The molecule has 0 unspecified atom stereocenters. The summed E-state index contributed by atoms with van der Waals surface area (Å²) in [7, 11) is 1.57. The van der Waals surface area contributed by atoms with Crippen LogP contribution < -0.4 is 4.74 Å². The Bertz CT molecular complexity index is 399. The molecule has 0 fully saturated rings. The molecule has 0 aliphatic rings. The molecule has 0 amide bonds. The van der Waals surface area contributed by atoms with Crippen molar-refractivity contribution < 1.29 is 9.47 Å². The van der Waals surface area contributed by atoms with Gasteiger partial charge in [0.15, 0.2) is 18.2 Å². The van der Waals surface area contributed by atoms with Crippen LogP contribution in [0.4, 0.5) is 0 Å². The van der Waals surface area contributed by atoms with Gasteiger partial charge in [-0.2, -0.15) is 5.10 Å². The van der Waals surface area contributed by atoms with Crippen molar-refractivity contribution in [1.82, 2.24) is 14.6 Å². The lowest BCUT2D eigenvalue weighted by molar-refractivity contribution is 0.0505. The third-order valence-electron chi connectivity index (χ3n) is 1.57. The normalized spacial score (nSPS) is 10.5. The van der Waals surface area contributed by atoms with Crippen LogP contribution in [0, 0.1) is 0 Å². The lowest BCUT2D eigenvalue weighted by atomic mass is 10.6. The maximum atomic E-state index is 5.19. The van der Waals surface area contributed by atoms with Gasteiger partial charge in [0.1, 0.15) is 0 Å². The first-order valence-electron chi connectivity index (χ1n) is 3.81. The molecule has 13 heavy (non-hydrogen) atoms. The molecule has 2 aromatic heterocycles. The molecule has 0 aromatic carbocycles. The van der Waals surface area contributed by atoms with E-state index in [1.807, 2.05) is 6.07 Å². The third-order valence-corrected chi connectivity index (χ3v) is 1.57. The lowest BCUT2D eigenvalue weighted by Gasteiger charge is -2.03. The number of aromatic nitrogens is 3. The molecule has 0 spiro atoms. The summed E-state index contributed by atoms with van der Waals surface area (Å²) in [5, 5.41) is 4.02. The summed E-state index contributed by atoms with van der Waals surface area (Å²) >= 11 is 0. The van der Waals surface area contributed by atoms with Gasteiger partial charge in [-0.3, -0.25) is 0 Å². The Hall–Kier alpha value is -1.62. The van der Waals surface area contributed by atoms with Crippen molar-refractivity contribution in [2.75, 3.05) is 13.9 Å². The Morgan fingerprint density at radius 3 is 3.31 bits per heavy atom. The molecule has 0 saturated carbocycles. The van der Waals surface area contributed by atoms with Crippen molar-refractivity contribution in [3.63, 3.8) is 0 Å². The molecule has 0 radical (unpaired) electrons. The molecule has 5 heteroatoms. The Morgan fingerprint density at radius 1 is 1.54 bits per heavy atom. The maximum Gasteiger partial charge on any atom is 0.188 e. The van der Waals surface area contributed by atoms with Crippen molar-refractivity contribution >= 4 is 5.65 Å². The van der Waals surface area contributed by atoms with E-state index in [4.69, 9.17) is 9.47 Å². The Kier molecular flexibility index (Phi) is 2.09. The molecule has 0 aliphatic heterocycles. The summed E-state index contributed by atoms with van der Waals surface area (Å²) in [4.78, 5) is 4.11. The first-order valence-corrected chi connectivity index (χ1v) is 3.81. The summed E-state index contributed by atoms with van der Waals surface area (Å²) in [5.74, 6) is 0.637. The second kappa shape index (κ2) is 3.40. The zero-order valence-electron chi connectivity index (χ0n) is 7.17. The summed E-state index contributed by atoms with van der Waals surface area (Å²) in [6.45, 7) is 0.217. The van der Waals surface area contributed by atoms with Crippen LogP contribution in [0.25, 0.3) is 5.65 Å². The molecule has 5 nitrogen and oxygen atoms in total. The van der Waals surface area contributed by atoms with Gasteiger partial charge in [0.05, 0.1) is 18.6 Å². The minimum Gasteiger partial charge on any atom is -0.464 e. The van der Waals surface area contributed by atoms with Gasteiger partial charge in [-0.1, -0.05) is 0 Å². The highest BCUT2D eigenvalue weighted by Crippen LogP contribution is 2.08. The monoisotopic (exact) mass is 179 g/mol. The number of nitrogens with zero attached hydrogens (tertiary/aromatic N) is 3. The number of hydrogen-bond donors (Lipinski definition) is 0. The van der Waals surface area contributed by atoms with Gasteiger partial charge in [-0.05, 0) is 0 Å². The van der Waals surface area contributed by atoms with Crippen LogP contribution in [0.2, 0.25) is 0 Å². The van der Waals surface area contributed by atoms with Gasteiger partial charge in [0.25, 0.3) is 0 Å². The summed E-state index contributed by atoms with van der Waals surface area (Å²) in [6, 6.07) is 1.82. The topological polar surface area (TPSA) is 48.7 Å². The minimum absolute atomic E-state index is 0.217. The van der Waals surface area contributed by atoms with Crippen molar-refractivity contribution in [2.45, 2.75) is 0 Å². The second-order valence-corrected chi connectivity index (χ2v) is 2.47. The van der Waals surface area contributed by atoms with Crippen LogP contribution in [-0.4, -0.2) is 28.5 Å². The first kappa shape index (κ1) is 8.00. The predicted molar refractivity (Wildman–Crippen MR) is 45.5 cm³/mol. The molecule has 2 aromatic rings. The van der Waals surface area contributed by atoms with Gasteiger partial charge in [-0.15, -0.1) is 0 Å². The van der Waals surface area contributed by atoms with E-state index >= 15 is 0 Å². The SMILES string of the molecule is COCOc1cnc2ccnn2c1. The van der Waals surface area contributed by atoms with Crippen LogP contribution in [0.5, 0.6) is 5.75 Å². The quantitative estimate of drug-likeness (QED) is 0.651. The number of methoxy groups -OCH3 is 1. The summed E-state index contributed by atoms with van der Waals surface area (Å²) in [6.07, 6.45) is 5.07. The van der Waals surface area contributed by atoms with E-state index in [1.54, 1.807) is 30.2 Å². The fourth-order valence-corrected chi connectivity index (χ4v) is 0.994. The van der Waals surface area contributed by atoms with Gasteiger partial charge in [0, 0.05) is 13.2 Å². The highest BCUT2D eigenvalue weighted by atomic mass is 16.7. The Labute approximate surface area is 74.9 Å². The highest BCUT2D eigenvalue weighted by Gasteiger charge is 1.97. The van der Waals surface area contributed by atoms with Crippen LogP contribution in [0.1, 0.15) is 0 Å². The van der Waals surface area contributed by atoms with Gasteiger partial charge in [-0.25, -0.2) is 9.50 Å². The van der Waals surface area contributed by atoms with E-state index in [-0.39, 0.29) is 6.79 Å². The van der Waals surface area contributed by atoms with E-state index in [0.29, 0.717) is 5.75 Å². The summed E-state index contributed by atoms with van der Waals surface area (Å²) < 4.78 is 11.6. The zero-order valence-corrected chi connectivity index (χ0v) is 7.17. The fourth-order valence-electron chi connectivity index (χ4n) is 0.994. The van der Waals surface area contributed by atoms with Crippen molar-refractivity contribution in [3.8, 4) is 5.75 Å². The van der Waals surface area contributed by atoms with E-state index < -0.39 is 0 Å². The van der Waals surface area contributed by atoms with Crippen molar-refractivity contribution in [2.24, 2.45) is 0 Å². The largest absolute Gasteiger partial charge is 0.464 e. The number of ether oxygens (including phenoxy) is 2. The molecular formula is C8H9N3O2. The van der Waals surface area contributed by atoms with E-state index in [2.05, 4.69) is 10.1 Å². The van der Waals surface area contributed by atoms with E-state index in [0.717, 1.165) is 5.65 Å². The lowest BCUT2D eigenvalue weighted by Crippen LogP contribution is -2.00. The molecule has 0 aliphatic carbocycles. The Balaban J connectivity index is 2.26. The average molecular weight is 179 g/mol. The molecule has 0 bridgehead atoms. The highest BCUT2D eigenvalue weighted by molar-refractivity contribution is 5.37. The van der Waals surface area contributed by atoms with Crippen LogP contribution in [-0.2, 0) is 4.74 Å². The average Bonchev–Trinajstić information content (AvgIpc) is 2.61. The van der Waals surface area contributed by atoms with Crippen LogP contribution >= 0.6 is 0 Å². The Morgan fingerprint density at radius 2 is 2.46 bits per heavy atom. The molecular weight excluding hydrogens is 170 g/mol. The first-order chi connectivity index (χ1) is 6.40. The maximum absolute atomic E-state index is 5.19. The van der Waals surface area contributed by atoms with Crippen molar-refractivity contribution in [1.29, 1.82) is 0 Å². The van der Waals surface area contributed by atoms with Gasteiger partial charge >= 0.3 is 0 Å². The third kappa shape index (κ3) is 1.59. The second-order valence-electron chi connectivity index (χ2n) is 2.47. The molecule has 2 rings (SSSR count). The zero-order chi connectivity index (χ0) is 9.10. The fraction of sp³-hybridized carbons (Fsp3) is 0.250. The number of fused-ring (bicyclic) bond motifs is 1. The molecule has 0 saturated heterocycles. The van der Waals surface area contributed by atoms with Gasteiger partial charge in [0.2, 0.25) is 0 Å². The van der Waals surface area contributed by atoms with E-state index in [1.165, 1.54) is 0 Å². The number of hydrogen-bond acceptors (Lipinski definition) is 4. The minimum atomic E-state index is 0.217. The number of rotatable bonds is 3. The van der Waals surface area contributed by atoms with Crippen LogP contribution in [0.3, 0.4) is 0 Å². The standard InChI is InChI=1S/C8H9N3O2/c1-12-6-13-7-4-9-8-2-3-10-11(8)5-7/h2-5H,6H2,1H3. The molecule has 0 N–H and O–H groups in total. The van der Waals surface area contributed by atoms with Crippen molar-refractivity contribution in [3.05, 3.63) is 24.7 Å². The summed E-state index contributed by atoms with van der Waals surface area (Å²) in [5.41, 5.74) is 0.796. The smallest absolute Gasteiger partial charge is 0.188 e. The van der Waals surface area contributed by atoms with E-state index in [9.17, 15) is 0 Å². The van der Waals surface area contributed by atoms with Crippen LogP contribution in [0.15, 0.2) is 24.7 Å². The predicted octanol–water partition coefficient (Wildman–Crippen LogP) is 0.712. The van der Waals surface area contributed by atoms with Gasteiger partial charge < -0.3 is 9.47 Å².